The molecule has 0 bridgehead atoms. The second kappa shape index (κ2) is 10.1. The lowest BCUT2D eigenvalue weighted by atomic mass is 9.86. The van der Waals surface area contributed by atoms with E-state index in [0.717, 1.165) is 31.6 Å². The van der Waals surface area contributed by atoms with Crippen molar-refractivity contribution in [3.8, 4) is 0 Å². The normalized spacial score (nSPS) is 21.6. The van der Waals surface area contributed by atoms with Crippen LogP contribution in [0.25, 0.3) is 0 Å². The predicted octanol–water partition coefficient (Wildman–Crippen LogP) is 2.18. The summed E-state index contributed by atoms with van der Waals surface area (Å²) >= 11 is 0. The fourth-order valence-electron chi connectivity index (χ4n) is 3.52. The molecule has 1 aromatic heterocycles. The van der Waals surface area contributed by atoms with E-state index in [0.29, 0.717) is 4.31 Å². The summed E-state index contributed by atoms with van der Waals surface area (Å²) in [6.07, 6.45) is -1.27. The van der Waals surface area contributed by atoms with Gasteiger partial charge in [-0.1, -0.05) is 0 Å². The Morgan fingerprint density at radius 3 is 2.66 bits per heavy atom. The van der Waals surface area contributed by atoms with Crippen molar-refractivity contribution >= 4 is 27.6 Å². The van der Waals surface area contributed by atoms with Gasteiger partial charge in [-0.05, 0) is 25.1 Å². The number of halogens is 4. The molecule has 0 spiro atoms. The predicted molar refractivity (Wildman–Crippen MR) is 117 cm³/mol. The highest BCUT2D eigenvalue weighted by atomic mass is 32.2. The number of sulfonamides is 1. The topological polar surface area (TPSA) is 137 Å². The molecule has 1 aliphatic rings. The van der Waals surface area contributed by atoms with Crippen LogP contribution in [0.4, 0.5) is 23.2 Å². The molecule has 1 aliphatic heterocycles. The van der Waals surface area contributed by atoms with E-state index in [4.69, 9.17) is 10.1 Å². The number of carbonyl (C=O) groups excluding carboxylic acids is 1. The van der Waals surface area contributed by atoms with Crippen molar-refractivity contribution < 1.29 is 35.5 Å². The summed E-state index contributed by atoms with van der Waals surface area (Å²) in [6.45, 7) is -0.499. The van der Waals surface area contributed by atoms with Gasteiger partial charge in [-0.25, -0.2) is 35.3 Å². The Bertz CT molecular complexity index is 1210. The molecule has 1 amide bonds. The highest BCUT2D eigenvalue weighted by Crippen LogP contribution is 2.37. The Hall–Kier alpha value is -3.33. The first kappa shape index (κ1) is 26.3. The molecule has 15 heteroatoms. The number of nitrogens with one attached hydrogen (secondary N) is 3. The van der Waals surface area contributed by atoms with E-state index in [1.54, 1.807) is 0 Å². The molecule has 35 heavy (non-hydrogen) atoms. The first-order valence-corrected chi connectivity index (χ1v) is 11.6. The lowest BCUT2D eigenvalue weighted by Crippen LogP contribution is -2.68. The van der Waals surface area contributed by atoms with Crippen molar-refractivity contribution in [2.45, 2.75) is 24.1 Å². The molecule has 10 nitrogen and oxygen atoms in total. The Balaban J connectivity index is 2.00. The number of rotatable bonds is 8. The molecule has 3 N–H and O–H groups in total. The fraction of sp³-hybridized carbons (Fsp3) is 0.400. The minimum atomic E-state index is -4.15. The summed E-state index contributed by atoms with van der Waals surface area (Å²) in [5, 5.41) is 11.8. The Morgan fingerprint density at radius 1 is 1.34 bits per heavy atom. The van der Waals surface area contributed by atoms with Gasteiger partial charge in [0.15, 0.2) is 0 Å². The van der Waals surface area contributed by atoms with Gasteiger partial charge in [0.1, 0.15) is 34.7 Å². The Labute approximate surface area is 198 Å². The van der Waals surface area contributed by atoms with Crippen LogP contribution in [0.5, 0.6) is 0 Å². The van der Waals surface area contributed by atoms with Crippen molar-refractivity contribution in [3.63, 3.8) is 0 Å². The number of anilines is 1. The molecule has 0 saturated carbocycles. The summed E-state index contributed by atoms with van der Waals surface area (Å²) in [4.78, 5) is 19.6. The van der Waals surface area contributed by atoms with Crippen LogP contribution in [0.2, 0.25) is 0 Å². The molecule has 190 valence electrons. The number of benzene rings is 1. The van der Waals surface area contributed by atoms with Gasteiger partial charge < -0.3 is 15.4 Å². The number of nitrogens with zero attached hydrogens (tertiary/aromatic N) is 3. The van der Waals surface area contributed by atoms with E-state index in [9.17, 15) is 26.4 Å². The lowest BCUT2D eigenvalue weighted by Gasteiger charge is -2.46. The third-order valence-electron chi connectivity index (χ3n) is 5.56. The molecule has 0 aliphatic carbocycles. The second-order valence-electron chi connectivity index (χ2n) is 7.62. The summed E-state index contributed by atoms with van der Waals surface area (Å²) < 4.78 is 84.9. The van der Waals surface area contributed by atoms with Gasteiger partial charge in [0.25, 0.3) is 12.3 Å². The quantitative estimate of drug-likeness (QED) is 0.360. The maximum atomic E-state index is 15.1. The van der Waals surface area contributed by atoms with Crippen LogP contribution in [-0.4, -0.2) is 66.7 Å². The van der Waals surface area contributed by atoms with Gasteiger partial charge in [-0.3, -0.25) is 15.2 Å². The molecular weight excluding hydrogens is 496 g/mol. The van der Waals surface area contributed by atoms with Crippen molar-refractivity contribution in [1.82, 2.24) is 19.6 Å². The van der Waals surface area contributed by atoms with Crippen LogP contribution >= 0.6 is 0 Å². The summed E-state index contributed by atoms with van der Waals surface area (Å²) in [7, 11) is -3.00. The first-order valence-electron chi connectivity index (χ1n) is 10.1. The molecule has 1 aromatic carbocycles. The first-order chi connectivity index (χ1) is 16.4. The number of guanidine groups is 1. The number of amides is 1. The zero-order valence-corrected chi connectivity index (χ0v) is 19.4. The third-order valence-corrected chi connectivity index (χ3v) is 7.80. The molecule has 0 unspecified atom stereocenters. The van der Waals surface area contributed by atoms with Crippen molar-refractivity contribution in [2.24, 2.45) is 0 Å². The largest absolute Gasteiger partial charge is 0.376 e. The van der Waals surface area contributed by atoms with Crippen molar-refractivity contribution in [1.29, 1.82) is 5.41 Å². The van der Waals surface area contributed by atoms with Crippen LogP contribution in [0.1, 0.15) is 35.1 Å². The lowest BCUT2D eigenvalue weighted by molar-refractivity contribution is 0.0605. The molecule has 2 aromatic rings. The van der Waals surface area contributed by atoms with Crippen LogP contribution in [0.15, 0.2) is 30.6 Å². The van der Waals surface area contributed by atoms with Gasteiger partial charge in [0.05, 0.1) is 25.6 Å². The summed E-state index contributed by atoms with van der Waals surface area (Å²) in [5.74, 6) is -2.28. The SMILES string of the molecule is C[C@@H]1[C@@](COCCF)(c2cc(NC(=O)c3cnc(C(F)F)cn3)ccc2F)NC(=N)N(C)S1(=O)=O. The maximum Gasteiger partial charge on any atom is 0.281 e. The molecule has 0 radical (unpaired) electrons. The van der Waals surface area contributed by atoms with Gasteiger partial charge in [0, 0.05) is 18.3 Å². The monoisotopic (exact) mass is 518 g/mol. The van der Waals surface area contributed by atoms with Gasteiger partial charge in [-0.2, -0.15) is 0 Å². The standard InChI is InChI=1S/C20H22F4N6O4S/c1-11-20(10-34-6-5-21,29-19(25)30(2)35(11,32)33)13-7-12(3-4-14(13)22)28-18(31)16-9-26-15(8-27-16)17(23)24/h3-4,7-9,11,17H,5-6,10H2,1-2H3,(H2,25,29)(H,28,31)/t11-,20+/m1/s1. The van der Waals surface area contributed by atoms with Crippen LogP contribution in [0.3, 0.4) is 0 Å². The second-order valence-corrected chi connectivity index (χ2v) is 9.90. The average molecular weight is 518 g/mol. The maximum absolute atomic E-state index is 15.1. The van der Waals surface area contributed by atoms with Crippen molar-refractivity contribution in [3.05, 3.63) is 53.4 Å². The minimum Gasteiger partial charge on any atom is -0.376 e. The van der Waals surface area contributed by atoms with Gasteiger partial charge >= 0.3 is 0 Å². The number of aromatic nitrogens is 2. The smallest absolute Gasteiger partial charge is 0.281 e. The van der Waals surface area contributed by atoms with Crippen LogP contribution in [0, 0.1) is 11.2 Å². The molecule has 2 atom stereocenters. The van der Waals surface area contributed by atoms with E-state index in [1.165, 1.54) is 13.0 Å². The summed E-state index contributed by atoms with van der Waals surface area (Å²) in [6, 6.07) is 3.30. The van der Waals surface area contributed by atoms with E-state index in [2.05, 4.69) is 20.6 Å². The zero-order chi connectivity index (χ0) is 26.0. The van der Waals surface area contributed by atoms with Crippen LogP contribution < -0.4 is 10.6 Å². The molecule has 1 fully saturated rings. The highest BCUT2D eigenvalue weighted by molar-refractivity contribution is 7.90. The van der Waals surface area contributed by atoms with E-state index >= 15 is 4.39 Å². The van der Waals surface area contributed by atoms with Gasteiger partial charge in [-0.15, -0.1) is 0 Å². The van der Waals surface area contributed by atoms with Gasteiger partial charge in [0.2, 0.25) is 16.0 Å². The minimum absolute atomic E-state index is 0.00728. The number of alkyl halides is 3. The zero-order valence-electron chi connectivity index (χ0n) is 18.6. The average Bonchev–Trinajstić information content (AvgIpc) is 2.82. The van der Waals surface area contributed by atoms with E-state index in [-0.39, 0.29) is 16.9 Å². The number of hydrogen-bond donors (Lipinski definition) is 3. The van der Waals surface area contributed by atoms with E-state index < -0.39 is 70.5 Å². The molecular formula is C20H22F4N6O4S. The summed E-state index contributed by atoms with van der Waals surface area (Å²) in [5.41, 5.74) is -3.01. The number of ether oxygens (including phenoxy) is 1. The third kappa shape index (κ3) is 5.05. The Morgan fingerprint density at radius 2 is 2.06 bits per heavy atom. The number of hydrogen-bond acceptors (Lipinski definition) is 7. The molecule has 1 saturated heterocycles. The Kier molecular flexibility index (Phi) is 7.59. The van der Waals surface area contributed by atoms with Crippen LogP contribution in [-0.2, 0) is 20.3 Å². The molecule has 3 rings (SSSR count). The van der Waals surface area contributed by atoms with Crippen molar-refractivity contribution in [2.75, 3.05) is 32.3 Å². The fourth-order valence-corrected chi connectivity index (χ4v) is 5.06. The molecule has 2 heterocycles. The number of carbonyl (C=O) groups is 1. The highest BCUT2D eigenvalue weighted by Gasteiger charge is 2.53. The van der Waals surface area contributed by atoms with E-state index in [1.807, 2.05) is 0 Å².